The molecule has 128 heavy (non-hydrogen) atoms. The summed E-state index contributed by atoms with van der Waals surface area (Å²) in [5, 5.41) is 0. The molecule has 4 aliphatic rings. The second-order valence-electron chi connectivity index (χ2n) is 46.4. The lowest BCUT2D eigenvalue weighted by Gasteiger charge is -2.47. The highest BCUT2D eigenvalue weighted by molar-refractivity contribution is 4.93. The molecule has 10 atom stereocenters. The van der Waals surface area contributed by atoms with Gasteiger partial charge >= 0.3 is 0 Å². The largest absolute Gasteiger partial charge is 0.0683 e. The standard InChI is InChI=1S/C30H60.2C28H56.C26H52.8C2H6/c1-5-9-13-16-22-28(20-11-7-3)26-30(24-18-15-19-25-30)27-29(21-12-8-4)23-17-14-10-6-2;1-24(14-12-18-26(3,4)5)16-22-28(20-10-9-11-21-28)23-17-25(2)15-13-19-27(6,7)8;1-22(2)18-26(7)20-24(5)12-16-28(14-10-9-11-15-28)17-13-25(6)21-27(8)19-23(3)4;1-5-7-9-11-13-16-20-24(3)26(22-18-15-19-23-26)25(4)21-17-14-12-10-8-6-2;8*1-2/h28-29H,5-27H2,1-4H3;24-25H,9-23H2,1-8H3;22-27H,9-21H2,1-8H3;24-25H,5-23H2,1-4H3;8*1-2H3. The minimum absolute atomic E-state index is 0.507. The molecule has 784 valence electrons. The van der Waals surface area contributed by atoms with Gasteiger partial charge in [-0.1, -0.05) is 598 Å². The van der Waals surface area contributed by atoms with Crippen LogP contribution in [0.5, 0.6) is 0 Å². The number of unbranched alkanes of at least 4 members (excludes halogenated alkanes) is 18. The van der Waals surface area contributed by atoms with E-state index in [9.17, 15) is 0 Å². The van der Waals surface area contributed by atoms with E-state index in [2.05, 4.69) is 166 Å². The zero-order chi connectivity index (χ0) is 99.4. The quantitative estimate of drug-likeness (QED) is 0.0533. The van der Waals surface area contributed by atoms with Crippen LogP contribution in [-0.2, 0) is 0 Å². The minimum atomic E-state index is 0.507. The Labute approximate surface area is 824 Å². The first-order valence-electron chi connectivity index (χ1n) is 61.4. The summed E-state index contributed by atoms with van der Waals surface area (Å²) in [5.41, 5.74) is 3.81. The van der Waals surface area contributed by atoms with Crippen LogP contribution in [0, 0.1) is 104 Å². The first-order valence-corrected chi connectivity index (χ1v) is 61.4. The Morgan fingerprint density at radius 1 is 0.203 bits per heavy atom. The molecule has 0 heterocycles. The van der Waals surface area contributed by atoms with Gasteiger partial charge in [0, 0.05) is 0 Å². The van der Waals surface area contributed by atoms with E-state index in [1.54, 1.807) is 25.7 Å². The van der Waals surface area contributed by atoms with Crippen LogP contribution in [0.25, 0.3) is 0 Å². The van der Waals surface area contributed by atoms with E-state index in [-0.39, 0.29) is 0 Å². The van der Waals surface area contributed by atoms with E-state index in [4.69, 9.17) is 0 Å². The zero-order valence-corrected chi connectivity index (χ0v) is 99.4. The van der Waals surface area contributed by atoms with Gasteiger partial charge in [0.2, 0.25) is 0 Å². The average Bonchev–Trinajstić information content (AvgIpc) is 0.799. The monoisotopic (exact) mass is 1810 g/mol. The number of hydrogen-bond acceptors (Lipinski definition) is 0. The van der Waals surface area contributed by atoms with Gasteiger partial charge in [-0.05, 0) is 232 Å². The molecule has 0 spiro atoms. The van der Waals surface area contributed by atoms with Crippen molar-refractivity contribution in [2.75, 3.05) is 0 Å². The van der Waals surface area contributed by atoms with Crippen molar-refractivity contribution in [3.05, 3.63) is 0 Å². The molecule has 4 fully saturated rings. The lowest BCUT2D eigenvalue weighted by Crippen LogP contribution is -2.37. The van der Waals surface area contributed by atoms with Gasteiger partial charge in [-0.3, -0.25) is 0 Å². The Morgan fingerprint density at radius 3 is 0.695 bits per heavy atom. The van der Waals surface area contributed by atoms with Crippen molar-refractivity contribution in [2.24, 2.45) is 104 Å². The number of rotatable bonds is 62. The van der Waals surface area contributed by atoms with Crippen LogP contribution in [0.1, 0.15) is 726 Å². The van der Waals surface area contributed by atoms with Gasteiger partial charge in [0.15, 0.2) is 0 Å². The molecule has 0 N–H and O–H groups in total. The maximum atomic E-state index is 2.62. The third-order valence-electron chi connectivity index (χ3n) is 31.1. The van der Waals surface area contributed by atoms with Crippen molar-refractivity contribution in [3.63, 3.8) is 0 Å². The van der Waals surface area contributed by atoms with Crippen molar-refractivity contribution in [3.8, 4) is 0 Å². The molecular formula is C128H272. The van der Waals surface area contributed by atoms with Gasteiger partial charge in [0.25, 0.3) is 0 Å². The predicted octanol–water partition coefficient (Wildman–Crippen LogP) is 49.3. The molecule has 0 aromatic carbocycles. The van der Waals surface area contributed by atoms with Crippen molar-refractivity contribution < 1.29 is 0 Å². The zero-order valence-electron chi connectivity index (χ0n) is 99.4. The summed E-state index contributed by atoms with van der Waals surface area (Å²) in [6.45, 7) is 90.2. The van der Waals surface area contributed by atoms with Crippen LogP contribution in [0.15, 0.2) is 0 Å². The van der Waals surface area contributed by atoms with Gasteiger partial charge in [0.05, 0.1) is 0 Å². The van der Waals surface area contributed by atoms with Crippen molar-refractivity contribution >= 4 is 0 Å². The molecule has 4 saturated carbocycles. The summed E-state index contributed by atoms with van der Waals surface area (Å²) >= 11 is 0. The topological polar surface area (TPSA) is 0 Å². The molecular weight excluding hydrogens is 1540 g/mol. The maximum Gasteiger partial charge on any atom is -0.0246 e. The Morgan fingerprint density at radius 2 is 0.430 bits per heavy atom. The SMILES string of the molecule is CC.CC.CC.CC.CC.CC.CC.CC.CC(C)CC(C)CC(C)CCC1(CCC(C)CC(C)CC(C)C)CCCCC1.CC(CCCC(C)(C)C)CCC1(CCC(C)CCCC(C)(C)C)CCCCC1.CCCCCCC(CCCC)CC1(CC(CCCC)CCCCCC)CCCCC1.CCCCCCCCC(C)C1(C(C)CCCCCCCC)CCCCC1. The maximum absolute atomic E-state index is 2.62. The molecule has 0 heteroatoms. The smallest absolute Gasteiger partial charge is 0.0246 e. The molecule has 10 unspecified atom stereocenters. The minimum Gasteiger partial charge on any atom is -0.0683 e. The third-order valence-corrected chi connectivity index (χ3v) is 31.1. The van der Waals surface area contributed by atoms with E-state index >= 15 is 0 Å². The predicted molar refractivity (Wildman–Crippen MR) is 607 cm³/mol. The van der Waals surface area contributed by atoms with Gasteiger partial charge in [-0.25, -0.2) is 0 Å². The van der Waals surface area contributed by atoms with Crippen LogP contribution in [-0.4, -0.2) is 0 Å². The second-order valence-corrected chi connectivity index (χ2v) is 46.4. The molecule has 0 nitrogen and oxygen atoms in total. The van der Waals surface area contributed by atoms with Gasteiger partial charge in [-0.15, -0.1) is 0 Å². The average molecular weight is 1810 g/mol. The van der Waals surface area contributed by atoms with Crippen molar-refractivity contribution in [2.45, 2.75) is 726 Å². The van der Waals surface area contributed by atoms with Crippen LogP contribution >= 0.6 is 0 Å². The van der Waals surface area contributed by atoms with E-state index in [1.165, 1.54) is 424 Å². The highest BCUT2D eigenvalue weighted by Gasteiger charge is 2.42. The molecule has 0 amide bonds. The van der Waals surface area contributed by atoms with Crippen LogP contribution in [0.4, 0.5) is 0 Å². The molecule has 0 aromatic heterocycles. The molecule has 0 bridgehead atoms. The fourth-order valence-electron chi connectivity index (χ4n) is 23.9. The van der Waals surface area contributed by atoms with Gasteiger partial charge < -0.3 is 0 Å². The molecule has 4 aliphatic carbocycles. The molecule has 0 radical (unpaired) electrons. The molecule has 0 saturated heterocycles. The summed E-state index contributed by atoms with van der Waals surface area (Å²) in [6.07, 6.45) is 103. The first kappa shape index (κ1) is 143. The highest BCUT2D eigenvalue weighted by Crippen LogP contribution is 2.54. The summed E-state index contributed by atoms with van der Waals surface area (Å²) in [4.78, 5) is 0. The fraction of sp³-hybridized carbons (Fsp3) is 1.00. The third kappa shape index (κ3) is 85.2. The first-order chi connectivity index (χ1) is 61.4. The van der Waals surface area contributed by atoms with E-state index in [1.807, 2.05) is 111 Å². The Hall–Kier alpha value is 0. The second kappa shape index (κ2) is 100.0. The van der Waals surface area contributed by atoms with Gasteiger partial charge in [-0.2, -0.15) is 0 Å². The number of hydrogen-bond donors (Lipinski definition) is 0. The summed E-state index contributed by atoms with van der Waals surface area (Å²) in [6, 6.07) is 0. The summed E-state index contributed by atoms with van der Waals surface area (Å²) < 4.78 is 0. The van der Waals surface area contributed by atoms with E-state index < -0.39 is 0 Å². The Balaban J connectivity index is -0.000000237. The Bertz CT molecular complexity index is 1860. The normalized spacial score (nSPS) is 17.8. The summed E-state index contributed by atoms with van der Waals surface area (Å²) in [7, 11) is 0. The van der Waals surface area contributed by atoms with Crippen molar-refractivity contribution in [1.82, 2.24) is 0 Å². The van der Waals surface area contributed by atoms with Gasteiger partial charge in [0.1, 0.15) is 0 Å². The fourth-order valence-corrected chi connectivity index (χ4v) is 23.9. The van der Waals surface area contributed by atoms with E-state index in [0.29, 0.717) is 32.5 Å². The molecule has 0 aliphatic heterocycles. The molecule has 0 aromatic rings. The lowest BCUT2D eigenvalue weighted by atomic mass is 9.58. The van der Waals surface area contributed by atoms with Crippen molar-refractivity contribution in [1.29, 1.82) is 0 Å². The Kier molecular flexibility index (Phi) is 112. The molecule has 4 rings (SSSR count). The van der Waals surface area contributed by atoms with Crippen LogP contribution in [0.3, 0.4) is 0 Å². The lowest BCUT2D eigenvalue weighted by molar-refractivity contribution is 0.0289. The summed E-state index contributed by atoms with van der Waals surface area (Å²) in [5.74, 6) is 11.1. The van der Waals surface area contributed by atoms with E-state index in [0.717, 1.165) is 71.0 Å². The highest BCUT2D eigenvalue weighted by atomic mass is 14.5. The van der Waals surface area contributed by atoms with Crippen LogP contribution in [0.2, 0.25) is 0 Å². The van der Waals surface area contributed by atoms with Crippen LogP contribution < -0.4 is 0 Å².